The molecule has 0 unspecified atom stereocenters. The molecule has 2 aromatic heterocycles. The van der Waals surface area contributed by atoms with E-state index in [-0.39, 0.29) is 17.9 Å². The van der Waals surface area contributed by atoms with Crippen molar-refractivity contribution in [2.24, 2.45) is 0 Å². The molecule has 3 aromatic rings. The van der Waals surface area contributed by atoms with Crippen LogP contribution in [0.1, 0.15) is 51.9 Å². The molecular formula is C23H24N4O3. The van der Waals surface area contributed by atoms with Gasteiger partial charge in [0.15, 0.2) is 0 Å². The molecule has 0 atom stereocenters. The molecule has 0 bridgehead atoms. The first-order chi connectivity index (χ1) is 14.6. The molecule has 7 heteroatoms. The lowest BCUT2D eigenvalue weighted by molar-refractivity contribution is 0.0525. The molecule has 1 aromatic carbocycles. The Morgan fingerprint density at radius 2 is 1.93 bits per heavy atom. The zero-order chi connectivity index (χ0) is 21.1. The van der Waals surface area contributed by atoms with Crippen LogP contribution in [0.3, 0.4) is 0 Å². The zero-order valence-corrected chi connectivity index (χ0v) is 17.1. The predicted octanol–water partition coefficient (Wildman–Crippen LogP) is 3.56. The fourth-order valence-corrected chi connectivity index (χ4v) is 3.41. The van der Waals surface area contributed by atoms with E-state index >= 15 is 0 Å². The highest BCUT2D eigenvalue weighted by Gasteiger charge is 2.33. The Bertz CT molecular complexity index is 1040. The summed E-state index contributed by atoms with van der Waals surface area (Å²) in [7, 11) is 0. The normalized spacial score (nSPS) is 13.1. The van der Waals surface area contributed by atoms with Gasteiger partial charge in [0.2, 0.25) is 0 Å². The first-order valence-corrected chi connectivity index (χ1v) is 10.1. The van der Waals surface area contributed by atoms with Gasteiger partial charge < -0.3 is 9.64 Å². The number of benzene rings is 1. The lowest BCUT2D eigenvalue weighted by atomic mass is 10.1. The van der Waals surface area contributed by atoms with Crippen molar-refractivity contribution in [2.45, 2.75) is 39.3 Å². The number of carbonyl (C=O) groups excluding carboxylic acids is 2. The third-order valence-corrected chi connectivity index (χ3v) is 5.17. The van der Waals surface area contributed by atoms with Crippen LogP contribution in [-0.4, -0.2) is 44.2 Å². The van der Waals surface area contributed by atoms with Crippen LogP contribution in [0.25, 0.3) is 5.69 Å². The van der Waals surface area contributed by atoms with Crippen molar-refractivity contribution in [3.05, 3.63) is 77.4 Å². The smallest absolute Gasteiger partial charge is 0.341 e. The topological polar surface area (TPSA) is 77.3 Å². The molecule has 0 radical (unpaired) electrons. The van der Waals surface area contributed by atoms with Gasteiger partial charge in [-0.25, -0.2) is 9.48 Å². The van der Waals surface area contributed by atoms with E-state index in [1.807, 2.05) is 42.2 Å². The molecule has 154 valence electrons. The predicted molar refractivity (Wildman–Crippen MR) is 111 cm³/mol. The number of hydrogen-bond acceptors (Lipinski definition) is 5. The summed E-state index contributed by atoms with van der Waals surface area (Å²) in [5.41, 5.74) is 3.42. The molecule has 1 aliphatic rings. The number of rotatable bonds is 7. The Morgan fingerprint density at radius 3 is 2.57 bits per heavy atom. The molecule has 0 spiro atoms. The third-order valence-electron chi connectivity index (χ3n) is 5.17. The second kappa shape index (κ2) is 8.49. The zero-order valence-electron chi connectivity index (χ0n) is 17.1. The minimum Gasteiger partial charge on any atom is -0.462 e. The molecule has 4 rings (SSSR count). The summed E-state index contributed by atoms with van der Waals surface area (Å²) in [6.45, 7) is 4.41. The van der Waals surface area contributed by atoms with Crippen LogP contribution >= 0.6 is 0 Å². The fraction of sp³-hybridized carbons (Fsp3) is 0.304. The van der Waals surface area contributed by atoms with E-state index in [9.17, 15) is 9.59 Å². The number of pyridine rings is 1. The van der Waals surface area contributed by atoms with E-state index in [4.69, 9.17) is 4.74 Å². The second-order valence-corrected chi connectivity index (χ2v) is 7.31. The van der Waals surface area contributed by atoms with Gasteiger partial charge >= 0.3 is 5.97 Å². The van der Waals surface area contributed by atoms with Crippen LogP contribution in [0, 0.1) is 6.92 Å². The van der Waals surface area contributed by atoms with Gasteiger partial charge in [0, 0.05) is 17.8 Å². The minimum atomic E-state index is -0.386. The Kier molecular flexibility index (Phi) is 5.61. The number of carbonyl (C=O) groups is 2. The lowest BCUT2D eigenvalue weighted by Crippen LogP contribution is -2.32. The van der Waals surface area contributed by atoms with Crippen molar-refractivity contribution in [1.29, 1.82) is 0 Å². The molecular weight excluding hydrogens is 380 g/mol. The van der Waals surface area contributed by atoms with Gasteiger partial charge in [-0.2, -0.15) is 5.10 Å². The highest BCUT2D eigenvalue weighted by molar-refractivity contribution is 5.95. The van der Waals surface area contributed by atoms with E-state index in [0.717, 1.165) is 24.2 Å². The monoisotopic (exact) mass is 404 g/mol. The van der Waals surface area contributed by atoms with Crippen LogP contribution < -0.4 is 0 Å². The average molecular weight is 404 g/mol. The van der Waals surface area contributed by atoms with Crippen molar-refractivity contribution in [1.82, 2.24) is 19.7 Å². The van der Waals surface area contributed by atoms with Crippen LogP contribution in [0.15, 0.2) is 54.9 Å². The maximum Gasteiger partial charge on any atom is 0.341 e. The summed E-state index contributed by atoms with van der Waals surface area (Å²) < 4.78 is 6.74. The molecule has 0 N–H and O–H groups in total. The molecule has 1 saturated carbocycles. The number of amides is 1. The maximum atomic E-state index is 13.1. The van der Waals surface area contributed by atoms with Gasteiger partial charge in [-0.1, -0.05) is 6.07 Å². The second-order valence-electron chi connectivity index (χ2n) is 7.31. The van der Waals surface area contributed by atoms with E-state index in [1.54, 1.807) is 29.9 Å². The summed E-state index contributed by atoms with van der Waals surface area (Å²) in [6, 6.07) is 13.3. The Hall–Kier alpha value is -3.48. The number of hydrogen-bond donors (Lipinski definition) is 0. The van der Waals surface area contributed by atoms with E-state index in [2.05, 4.69) is 10.1 Å². The fourth-order valence-electron chi connectivity index (χ4n) is 3.41. The van der Waals surface area contributed by atoms with E-state index in [0.29, 0.717) is 30.0 Å². The van der Waals surface area contributed by atoms with Crippen LogP contribution in [0.4, 0.5) is 0 Å². The number of ether oxygens (including phenoxy) is 1. The van der Waals surface area contributed by atoms with Gasteiger partial charge in [-0.05, 0) is 63.1 Å². The number of nitrogens with zero attached hydrogens (tertiary/aromatic N) is 4. The van der Waals surface area contributed by atoms with Crippen LogP contribution in [0.5, 0.6) is 0 Å². The Labute approximate surface area is 175 Å². The minimum absolute atomic E-state index is 0.000831. The van der Waals surface area contributed by atoms with Gasteiger partial charge in [0.1, 0.15) is 5.56 Å². The van der Waals surface area contributed by atoms with Crippen molar-refractivity contribution in [3.8, 4) is 5.69 Å². The van der Waals surface area contributed by atoms with Crippen molar-refractivity contribution in [2.75, 3.05) is 6.61 Å². The highest BCUT2D eigenvalue weighted by atomic mass is 16.5. The van der Waals surface area contributed by atoms with Gasteiger partial charge in [0.25, 0.3) is 5.91 Å². The Balaban J connectivity index is 1.53. The molecule has 1 aliphatic carbocycles. The van der Waals surface area contributed by atoms with Gasteiger partial charge in [0.05, 0.1) is 36.4 Å². The van der Waals surface area contributed by atoms with Gasteiger partial charge in [-0.3, -0.25) is 9.78 Å². The third kappa shape index (κ3) is 4.10. The summed E-state index contributed by atoms with van der Waals surface area (Å²) in [6.07, 6.45) is 5.31. The molecule has 0 aliphatic heterocycles. The maximum absolute atomic E-state index is 13.1. The first-order valence-electron chi connectivity index (χ1n) is 10.1. The molecule has 1 amide bonds. The molecule has 30 heavy (non-hydrogen) atoms. The van der Waals surface area contributed by atoms with E-state index in [1.165, 1.54) is 6.20 Å². The largest absolute Gasteiger partial charge is 0.462 e. The molecule has 0 saturated heterocycles. The quantitative estimate of drug-likeness (QED) is 0.563. The molecule has 1 fully saturated rings. The van der Waals surface area contributed by atoms with Crippen molar-refractivity contribution < 1.29 is 14.3 Å². The first kappa shape index (κ1) is 19.8. The van der Waals surface area contributed by atoms with Crippen LogP contribution in [-0.2, 0) is 11.3 Å². The molecule has 2 heterocycles. The average Bonchev–Trinajstić information content (AvgIpc) is 3.54. The van der Waals surface area contributed by atoms with E-state index < -0.39 is 0 Å². The summed E-state index contributed by atoms with van der Waals surface area (Å²) >= 11 is 0. The van der Waals surface area contributed by atoms with Gasteiger partial charge in [-0.15, -0.1) is 0 Å². The molecule has 7 nitrogen and oxygen atoms in total. The highest BCUT2D eigenvalue weighted by Crippen LogP contribution is 2.29. The summed E-state index contributed by atoms with van der Waals surface area (Å²) in [4.78, 5) is 31.4. The number of aromatic nitrogens is 3. The van der Waals surface area contributed by atoms with Crippen molar-refractivity contribution >= 4 is 11.9 Å². The lowest BCUT2D eigenvalue weighted by Gasteiger charge is -2.22. The standard InChI is InChI=1S/C23H24N4O3/c1-3-30-23(29)21-14-25-27(16(21)2)20-9-7-17(8-10-20)22(28)26(19-11-12-19)15-18-6-4-5-13-24-18/h4-10,13-14,19H,3,11-12,15H2,1-2H3. The van der Waals surface area contributed by atoms with Crippen LogP contribution in [0.2, 0.25) is 0 Å². The Morgan fingerprint density at radius 1 is 1.17 bits per heavy atom. The van der Waals surface area contributed by atoms with Crippen molar-refractivity contribution in [3.63, 3.8) is 0 Å². The number of esters is 1. The summed E-state index contributed by atoms with van der Waals surface area (Å²) in [5.74, 6) is -0.387. The summed E-state index contributed by atoms with van der Waals surface area (Å²) in [5, 5.41) is 4.31. The SMILES string of the molecule is CCOC(=O)c1cnn(-c2ccc(C(=O)N(Cc3ccccn3)C3CC3)cc2)c1C.